The van der Waals surface area contributed by atoms with Crippen LogP contribution in [-0.2, 0) is 9.53 Å². The topological polar surface area (TPSA) is 86.9 Å². The zero-order valence-electron chi connectivity index (χ0n) is 17.6. The molecule has 162 valence electrons. The smallest absolute Gasteiger partial charge is 0.257 e. The highest BCUT2D eigenvalue weighted by molar-refractivity contribution is 5.76. The minimum Gasteiger partial charge on any atom is -0.497 e. The summed E-state index contributed by atoms with van der Waals surface area (Å²) < 4.78 is 22.1. The minimum atomic E-state index is -0.450. The lowest BCUT2D eigenvalue weighted by Gasteiger charge is -2.31. The number of morpholine rings is 1. The van der Waals surface area contributed by atoms with Gasteiger partial charge >= 0.3 is 0 Å². The van der Waals surface area contributed by atoms with E-state index in [-0.39, 0.29) is 5.91 Å². The van der Waals surface area contributed by atoms with Crippen molar-refractivity contribution in [1.82, 2.24) is 15.0 Å². The number of carbonyl (C=O) groups excluding carboxylic acids is 1. The Labute approximate surface area is 180 Å². The molecule has 2 heterocycles. The second-order valence-electron chi connectivity index (χ2n) is 7.25. The number of aryl methyl sites for hydroxylation is 1. The van der Waals surface area contributed by atoms with Gasteiger partial charge in [0.1, 0.15) is 11.5 Å². The molecule has 1 atom stereocenters. The number of methoxy groups -OCH3 is 1. The molecule has 1 aromatic heterocycles. The second kappa shape index (κ2) is 9.61. The third kappa shape index (κ3) is 5.03. The van der Waals surface area contributed by atoms with Crippen molar-refractivity contribution in [3.8, 4) is 22.9 Å². The maximum absolute atomic E-state index is 12.6. The highest BCUT2D eigenvalue weighted by Gasteiger charge is 2.29. The van der Waals surface area contributed by atoms with Gasteiger partial charge in [0.15, 0.2) is 6.10 Å². The quantitative estimate of drug-likeness (QED) is 0.575. The van der Waals surface area contributed by atoms with Gasteiger partial charge in [0, 0.05) is 12.1 Å². The monoisotopic (exact) mass is 423 g/mol. The van der Waals surface area contributed by atoms with Crippen LogP contribution in [0.4, 0.5) is 0 Å². The summed E-state index contributed by atoms with van der Waals surface area (Å²) in [5.41, 5.74) is 1.86. The van der Waals surface area contributed by atoms with Crippen molar-refractivity contribution < 1.29 is 23.5 Å². The number of ether oxygens (including phenoxy) is 3. The van der Waals surface area contributed by atoms with Gasteiger partial charge in [0.2, 0.25) is 11.7 Å². The number of carbonyl (C=O) groups is 1. The first-order chi connectivity index (χ1) is 15.1. The summed E-state index contributed by atoms with van der Waals surface area (Å²) in [6, 6.07) is 15.2. The molecule has 4 rings (SSSR count). The molecule has 3 aromatic rings. The number of rotatable bonds is 7. The van der Waals surface area contributed by atoms with Crippen LogP contribution in [0.15, 0.2) is 53.1 Å². The van der Waals surface area contributed by atoms with Gasteiger partial charge in [-0.3, -0.25) is 4.79 Å². The molecular formula is C23H25N3O5. The van der Waals surface area contributed by atoms with Crippen LogP contribution in [0.5, 0.6) is 11.5 Å². The third-order valence-corrected chi connectivity index (χ3v) is 5.15. The molecule has 8 heteroatoms. The Morgan fingerprint density at radius 1 is 1.19 bits per heavy atom. The number of para-hydroxylation sites is 1. The zero-order chi connectivity index (χ0) is 21.6. The summed E-state index contributed by atoms with van der Waals surface area (Å²) in [5.74, 6) is 2.39. The van der Waals surface area contributed by atoms with E-state index in [2.05, 4.69) is 10.1 Å². The van der Waals surface area contributed by atoms with Crippen molar-refractivity contribution in [2.45, 2.75) is 19.4 Å². The predicted octanol–water partition coefficient (Wildman–Crippen LogP) is 3.42. The van der Waals surface area contributed by atoms with Gasteiger partial charge < -0.3 is 23.6 Å². The van der Waals surface area contributed by atoms with Crippen LogP contribution in [0.3, 0.4) is 0 Å². The first-order valence-electron chi connectivity index (χ1n) is 10.2. The van der Waals surface area contributed by atoms with Crippen LogP contribution in [0.2, 0.25) is 0 Å². The first kappa shape index (κ1) is 20.9. The number of benzene rings is 2. The lowest BCUT2D eigenvalue weighted by atomic mass is 10.2. The molecule has 1 amide bonds. The van der Waals surface area contributed by atoms with Crippen molar-refractivity contribution in [1.29, 1.82) is 0 Å². The Kier molecular flexibility index (Phi) is 6.47. The van der Waals surface area contributed by atoms with Gasteiger partial charge in [-0.25, -0.2) is 0 Å². The molecule has 31 heavy (non-hydrogen) atoms. The normalized spacial score (nSPS) is 16.2. The average Bonchev–Trinajstić information content (AvgIpc) is 3.31. The van der Waals surface area contributed by atoms with Gasteiger partial charge in [-0.2, -0.15) is 4.98 Å². The van der Waals surface area contributed by atoms with Gasteiger partial charge in [-0.1, -0.05) is 23.4 Å². The van der Waals surface area contributed by atoms with E-state index in [9.17, 15) is 4.79 Å². The van der Waals surface area contributed by atoms with E-state index in [1.54, 1.807) is 12.0 Å². The zero-order valence-corrected chi connectivity index (χ0v) is 17.6. The van der Waals surface area contributed by atoms with Gasteiger partial charge in [-0.15, -0.1) is 0 Å². The van der Waals surface area contributed by atoms with Crippen molar-refractivity contribution in [3.05, 3.63) is 60.0 Å². The SMILES string of the molecule is COc1ccc(-c2noc([C@H]3CN(C(=O)CCOc4ccccc4C)CCO3)n2)cc1. The standard InChI is InChI=1S/C23H25N3O5/c1-16-5-3-4-6-19(16)29-13-11-21(27)26-12-14-30-20(15-26)23-24-22(25-31-23)17-7-9-18(28-2)10-8-17/h3-10,20H,11-15H2,1-2H3/t20-/m1/s1. The van der Waals surface area contributed by atoms with Crippen molar-refractivity contribution in [3.63, 3.8) is 0 Å². The molecule has 0 spiro atoms. The molecule has 1 aliphatic rings. The number of hydrogen-bond acceptors (Lipinski definition) is 7. The third-order valence-electron chi connectivity index (χ3n) is 5.15. The van der Waals surface area contributed by atoms with Crippen LogP contribution in [0, 0.1) is 6.92 Å². The molecule has 1 fully saturated rings. The van der Waals surface area contributed by atoms with Gasteiger partial charge in [-0.05, 0) is 42.8 Å². The minimum absolute atomic E-state index is 0.0109. The Morgan fingerprint density at radius 2 is 2.00 bits per heavy atom. The van der Waals surface area contributed by atoms with Crippen LogP contribution in [0.25, 0.3) is 11.4 Å². The Bertz CT molecular complexity index is 1020. The van der Waals surface area contributed by atoms with E-state index < -0.39 is 6.10 Å². The fraction of sp³-hybridized carbons (Fsp3) is 0.348. The Morgan fingerprint density at radius 3 is 2.77 bits per heavy atom. The van der Waals surface area contributed by atoms with Crippen LogP contribution >= 0.6 is 0 Å². The van der Waals surface area contributed by atoms with E-state index in [1.807, 2.05) is 55.5 Å². The molecule has 2 aromatic carbocycles. The maximum Gasteiger partial charge on any atom is 0.257 e. The van der Waals surface area contributed by atoms with E-state index in [1.165, 1.54) is 0 Å². The molecule has 0 radical (unpaired) electrons. The highest BCUT2D eigenvalue weighted by atomic mass is 16.5. The number of amides is 1. The fourth-order valence-corrected chi connectivity index (χ4v) is 3.37. The molecule has 0 aliphatic carbocycles. The lowest BCUT2D eigenvalue weighted by Crippen LogP contribution is -2.42. The lowest BCUT2D eigenvalue weighted by molar-refractivity contribution is -0.140. The Hall–Kier alpha value is -3.39. The highest BCUT2D eigenvalue weighted by Crippen LogP contribution is 2.25. The maximum atomic E-state index is 12.6. The summed E-state index contributed by atoms with van der Waals surface area (Å²) >= 11 is 0. The summed E-state index contributed by atoms with van der Waals surface area (Å²) in [5, 5.41) is 4.05. The van der Waals surface area contributed by atoms with E-state index in [0.717, 1.165) is 22.6 Å². The molecule has 0 N–H and O–H groups in total. The van der Waals surface area contributed by atoms with E-state index in [0.29, 0.717) is 44.4 Å². The van der Waals surface area contributed by atoms with Crippen molar-refractivity contribution in [2.75, 3.05) is 33.4 Å². The first-order valence-corrected chi connectivity index (χ1v) is 10.2. The van der Waals surface area contributed by atoms with Crippen LogP contribution in [0.1, 0.15) is 24.0 Å². The van der Waals surface area contributed by atoms with Gasteiger partial charge in [0.05, 0.1) is 33.3 Å². The van der Waals surface area contributed by atoms with E-state index >= 15 is 0 Å². The number of hydrogen-bond donors (Lipinski definition) is 0. The molecular weight excluding hydrogens is 398 g/mol. The fourth-order valence-electron chi connectivity index (χ4n) is 3.37. The molecule has 1 saturated heterocycles. The molecule has 0 saturated carbocycles. The van der Waals surface area contributed by atoms with E-state index in [4.69, 9.17) is 18.7 Å². The summed E-state index contributed by atoms with van der Waals surface area (Å²) in [6.07, 6.45) is -0.156. The number of aromatic nitrogens is 2. The summed E-state index contributed by atoms with van der Waals surface area (Å²) in [6.45, 7) is 3.62. The second-order valence-corrected chi connectivity index (χ2v) is 7.25. The Balaban J connectivity index is 1.33. The molecule has 1 aliphatic heterocycles. The summed E-state index contributed by atoms with van der Waals surface area (Å²) in [4.78, 5) is 18.9. The molecule has 8 nitrogen and oxygen atoms in total. The summed E-state index contributed by atoms with van der Waals surface area (Å²) in [7, 11) is 1.61. The largest absolute Gasteiger partial charge is 0.497 e. The van der Waals surface area contributed by atoms with Crippen LogP contribution in [-0.4, -0.2) is 54.4 Å². The molecule has 0 bridgehead atoms. The van der Waals surface area contributed by atoms with Crippen LogP contribution < -0.4 is 9.47 Å². The molecule has 0 unspecified atom stereocenters. The average molecular weight is 423 g/mol. The van der Waals surface area contributed by atoms with Crippen molar-refractivity contribution in [2.24, 2.45) is 0 Å². The van der Waals surface area contributed by atoms with Crippen molar-refractivity contribution >= 4 is 5.91 Å². The number of nitrogens with zero attached hydrogens (tertiary/aromatic N) is 3. The van der Waals surface area contributed by atoms with Gasteiger partial charge in [0.25, 0.3) is 5.89 Å². The predicted molar refractivity (Wildman–Crippen MR) is 113 cm³/mol.